The first-order chi connectivity index (χ1) is 14.6. The average Bonchev–Trinajstić information content (AvgIpc) is 3.48. The Bertz CT molecular complexity index is 1060. The van der Waals surface area contributed by atoms with Crippen molar-refractivity contribution in [1.82, 2.24) is 14.8 Å². The summed E-state index contributed by atoms with van der Waals surface area (Å²) in [6.45, 7) is 2.04. The highest BCUT2D eigenvalue weighted by atomic mass is 19.3. The van der Waals surface area contributed by atoms with E-state index < -0.39 is 18.2 Å². The van der Waals surface area contributed by atoms with Crippen molar-refractivity contribution >= 4 is 17.7 Å². The third-order valence-electron chi connectivity index (χ3n) is 6.05. The maximum Gasteiger partial charge on any atom is 0.387 e. The smallest absolute Gasteiger partial charge is 0.387 e. The number of nitrogens with zero attached hydrogens (tertiary/aromatic N) is 2. The number of ketones is 1. The van der Waals surface area contributed by atoms with E-state index in [4.69, 9.17) is 0 Å². The molecule has 4 rings (SSSR count). The van der Waals surface area contributed by atoms with E-state index in [9.17, 15) is 23.2 Å². The van der Waals surface area contributed by atoms with E-state index in [1.807, 2.05) is 6.92 Å². The van der Waals surface area contributed by atoms with Crippen molar-refractivity contribution in [3.8, 4) is 11.4 Å². The zero-order valence-electron chi connectivity index (χ0n) is 17.4. The molecule has 0 bridgehead atoms. The van der Waals surface area contributed by atoms with Crippen LogP contribution in [0.25, 0.3) is 5.69 Å². The SMILES string of the molecule is Cc1cc(C(=O)CN2C(=O)NC(C)(C3CC3)C2=O)c(C)n1-c1ccc(OC(F)F)cc1. The summed E-state index contributed by atoms with van der Waals surface area (Å²) in [5.41, 5.74) is 1.51. The minimum Gasteiger partial charge on any atom is -0.435 e. The maximum absolute atomic E-state index is 13.0. The zero-order chi connectivity index (χ0) is 22.5. The number of rotatable bonds is 7. The summed E-state index contributed by atoms with van der Waals surface area (Å²) >= 11 is 0. The number of urea groups is 1. The average molecular weight is 431 g/mol. The second-order valence-electron chi connectivity index (χ2n) is 8.21. The Morgan fingerprint density at radius 1 is 1.23 bits per heavy atom. The quantitative estimate of drug-likeness (QED) is 0.537. The predicted molar refractivity (Wildman–Crippen MR) is 108 cm³/mol. The van der Waals surface area contributed by atoms with Crippen molar-refractivity contribution < 1.29 is 27.9 Å². The molecule has 2 heterocycles. The molecule has 1 aliphatic heterocycles. The zero-order valence-corrected chi connectivity index (χ0v) is 17.4. The highest BCUT2D eigenvalue weighted by Crippen LogP contribution is 2.42. The fraction of sp³-hybridized carbons (Fsp3) is 0.409. The molecule has 2 aromatic rings. The summed E-state index contributed by atoms with van der Waals surface area (Å²) in [7, 11) is 0. The number of aromatic nitrogens is 1. The van der Waals surface area contributed by atoms with Crippen LogP contribution in [0, 0.1) is 19.8 Å². The Balaban J connectivity index is 1.55. The second-order valence-corrected chi connectivity index (χ2v) is 8.21. The topological polar surface area (TPSA) is 80.6 Å². The van der Waals surface area contributed by atoms with Gasteiger partial charge in [0.25, 0.3) is 5.91 Å². The first kappa shape index (κ1) is 21.0. The minimum absolute atomic E-state index is 0.0368. The Morgan fingerprint density at radius 2 is 1.87 bits per heavy atom. The molecule has 1 saturated carbocycles. The van der Waals surface area contributed by atoms with E-state index in [0.717, 1.165) is 23.4 Å². The van der Waals surface area contributed by atoms with Gasteiger partial charge in [0, 0.05) is 22.6 Å². The van der Waals surface area contributed by atoms with Crippen LogP contribution in [-0.4, -0.2) is 45.9 Å². The summed E-state index contributed by atoms with van der Waals surface area (Å²) in [4.78, 5) is 39.1. The minimum atomic E-state index is -2.91. The van der Waals surface area contributed by atoms with Crippen LogP contribution < -0.4 is 10.1 Å². The number of halogens is 2. The fourth-order valence-corrected chi connectivity index (χ4v) is 4.24. The molecule has 164 valence electrons. The molecule has 0 spiro atoms. The molecular weight excluding hydrogens is 408 g/mol. The molecule has 1 saturated heterocycles. The molecular formula is C22H23F2N3O4. The van der Waals surface area contributed by atoms with Crippen LogP contribution >= 0.6 is 0 Å². The fourth-order valence-electron chi connectivity index (χ4n) is 4.24. The number of carbonyl (C=O) groups excluding carboxylic acids is 3. The Labute approximate surface area is 178 Å². The lowest BCUT2D eigenvalue weighted by Crippen LogP contribution is -2.46. The molecule has 2 aliphatic rings. The van der Waals surface area contributed by atoms with Gasteiger partial charge in [0.15, 0.2) is 5.78 Å². The third kappa shape index (κ3) is 3.68. The Kier molecular flexibility index (Phi) is 5.07. The van der Waals surface area contributed by atoms with Gasteiger partial charge < -0.3 is 14.6 Å². The van der Waals surface area contributed by atoms with Crippen molar-refractivity contribution in [2.24, 2.45) is 5.92 Å². The second kappa shape index (κ2) is 7.47. The summed E-state index contributed by atoms with van der Waals surface area (Å²) < 4.78 is 30.9. The van der Waals surface area contributed by atoms with Gasteiger partial charge in [-0.1, -0.05) is 0 Å². The van der Waals surface area contributed by atoms with E-state index in [-0.39, 0.29) is 29.9 Å². The normalized spacial score (nSPS) is 21.0. The van der Waals surface area contributed by atoms with Crippen LogP contribution in [0.5, 0.6) is 5.75 Å². The van der Waals surface area contributed by atoms with E-state index in [1.165, 1.54) is 12.1 Å². The van der Waals surface area contributed by atoms with Gasteiger partial charge in [-0.15, -0.1) is 0 Å². The molecule has 7 nitrogen and oxygen atoms in total. The molecule has 1 atom stereocenters. The largest absolute Gasteiger partial charge is 0.435 e. The van der Waals surface area contributed by atoms with Crippen molar-refractivity contribution in [3.05, 3.63) is 47.3 Å². The number of amides is 3. The molecule has 1 aromatic carbocycles. The van der Waals surface area contributed by atoms with E-state index in [0.29, 0.717) is 16.9 Å². The van der Waals surface area contributed by atoms with Gasteiger partial charge in [-0.25, -0.2) is 4.79 Å². The number of carbonyl (C=O) groups is 3. The number of ether oxygens (including phenoxy) is 1. The maximum atomic E-state index is 13.0. The lowest BCUT2D eigenvalue weighted by atomic mass is 9.96. The standard InChI is InChI=1S/C22H23F2N3O4/c1-12-10-17(13(2)27(12)15-6-8-16(9-7-15)31-20(23)24)18(28)11-26-19(29)22(3,14-4-5-14)25-21(26)30/h6-10,14,20H,4-5,11H2,1-3H3,(H,25,30). The molecule has 9 heteroatoms. The Morgan fingerprint density at radius 3 is 2.45 bits per heavy atom. The van der Waals surface area contributed by atoms with Crippen LogP contribution in [0.4, 0.5) is 13.6 Å². The number of imide groups is 1. The van der Waals surface area contributed by atoms with Gasteiger partial charge in [-0.05, 0) is 69.9 Å². The summed E-state index contributed by atoms with van der Waals surface area (Å²) in [6.07, 6.45) is 1.76. The number of alkyl halides is 2. The monoisotopic (exact) mass is 431 g/mol. The van der Waals surface area contributed by atoms with Crippen molar-refractivity contribution in [1.29, 1.82) is 0 Å². The summed E-state index contributed by atoms with van der Waals surface area (Å²) in [6, 6.07) is 7.23. The van der Waals surface area contributed by atoms with Gasteiger partial charge in [0.1, 0.15) is 11.3 Å². The van der Waals surface area contributed by atoms with Gasteiger partial charge in [-0.2, -0.15) is 8.78 Å². The molecule has 3 amide bonds. The number of nitrogens with one attached hydrogen (secondary N) is 1. The lowest BCUT2D eigenvalue weighted by molar-refractivity contribution is -0.131. The van der Waals surface area contributed by atoms with Crippen molar-refractivity contribution in [3.63, 3.8) is 0 Å². The van der Waals surface area contributed by atoms with Gasteiger partial charge >= 0.3 is 12.6 Å². The van der Waals surface area contributed by atoms with Gasteiger partial charge in [-0.3, -0.25) is 14.5 Å². The molecule has 31 heavy (non-hydrogen) atoms. The number of Topliss-reactive ketones (excluding diaryl/α,β-unsaturated/α-hetero) is 1. The first-order valence-corrected chi connectivity index (χ1v) is 10.0. The molecule has 2 fully saturated rings. The van der Waals surface area contributed by atoms with Crippen LogP contribution in [0.2, 0.25) is 0 Å². The van der Waals surface area contributed by atoms with E-state index in [1.54, 1.807) is 36.6 Å². The molecule has 1 aliphatic carbocycles. The predicted octanol–water partition coefficient (Wildman–Crippen LogP) is 3.60. The number of benzene rings is 1. The van der Waals surface area contributed by atoms with E-state index in [2.05, 4.69) is 10.1 Å². The van der Waals surface area contributed by atoms with Gasteiger partial charge in [0.05, 0.1) is 6.54 Å². The highest BCUT2D eigenvalue weighted by molar-refractivity contribution is 6.11. The molecule has 1 unspecified atom stereocenters. The van der Waals surface area contributed by atoms with Crippen LogP contribution in [-0.2, 0) is 4.79 Å². The summed E-state index contributed by atoms with van der Waals surface area (Å²) in [5, 5.41) is 2.74. The number of hydrogen-bond donors (Lipinski definition) is 1. The number of aryl methyl sites for hydroxylation is 1. The molecule has 0 radical (unpaired) electrons. The first-order valence-electron chi connectivity index (χ1n) is 10.0. The molecule has 1 aromatic heterocycles. The van der Waals surface area contributed by atoms with Crippen molar-refractivity contribution in [2.45, 2.75) is 45.8 Å². The van der Waals surface area contributed by atoms with E-state index >= 15 is 0 Å². The van der Waals surface area contributed by atoms with Crippen LogP contribution in [0.15, 0.2) is 30.3 Å². The third-order valence-corrected chi connectivity index (χ3v) is 6.05. The Hall–Kier alpha value is -3.23. The van der Waals surface area contributed by atoms with Crippen LogP contribution in [0.1, 0.15) is 41.5 Å². The van der Waals surface area contributed by atoms with Crippen LogP contribution in [0.3, 0.4) is 0 Å². The van der Waals surface area contributed by atoms with Crippen molar-refractivity contribution in [2.75, 3.05) is 6.54 Å². The lowest BCUT2D eigenvalue weighted by Gasteiger charge is -2.20. The summed E-state index contributed by atoms with van der Waals surface area (Å²) in [5.74, 6) is -0.557. The number of hydrogen-bond acceptors (Lipinski definition) is 4. The highest BCUT2D eigenvalue weighted by Gasteiger charge is 2.56. The molecule has 1 N–H and O–H groups in total. The van der Waals surface area contributed by atoms with Gasteiger partial charge in [0.2, 0.25) is 0 Å².